The number of hydrogen-bond donors (Lipinski definition) is 0. The van der Waals surface area contributed by atoms with Crippen LogP contribution in [-0.4, -0.2) is 14.2 Å². The number of hydrogen-bond acceptors (Lipinski definition) is 2. The van der Waals surface area contributed by atoms with E-state index in [4.69, 9.17) is 9.47 Å². The Kier molecular flexibility index (Phi) is 3.32. The van der Waals surface area contributed by atoms with Gasteiger partial charge in [-0.05, 0) is 43.2 Å². The zero-order valence-corrected chi connectivity index (χ0v) is 11.3. The van der Waals surface area contributed by atoms with E-state index in [1.54, 1.807) is 14.2 Å². The molecule has 1 aliphatic carbocycles. The molecule has 94 valence electrons. The second-order valence-corrected chi connectivity index (χ2v) is 4.99. The summed E-state index contributed by atoms with van der Waals surface area (Å²) in [5, 5.41) is 0. The molecule has 0 fully saturated rings. The van der Waals surface area contributed by atoms with Gasteiger partial charge in [0.25, 0.3) is 0 Å². The van der Waals surface area contributed by atoms with Crippen LogP contribution in [-0.2, 0) is 12.8 Å². The van der Waals surface area contributed by atoms with E-state index >= 15 is 0 Å². The molecule has 0 saturated heterocycles. The van der Waals surface area contributed by atoms with Crippen LogP contribution in [0.4, 0.5) is 0 Å². The van der Waals surface area contributed by atoms with E-state index in [1.165, 1.54) is 24.0 Å². The Morgan fingerprint density at radius 1 is 0.941 bits per heavy atom. The van der Waals surface area contributed by atoms with Crippen LogP contribution in [0.1, 0.15) is 37.8 Å². The van der Waals surface area contributed by atoms with Crippen molar-refractivity contribution in [2.45, 2.75) is 39.5 Å². The summed E-state index contributed by atoms with van der Waals surface area (Å²) in [5.41, 5.74) is 3.12. The fourth-order valence-electron chi connectivity index (χ4n) is 2.98. The highest BCUT2D eigenvalue weighted by molar-refractivity contribution is 5.52. The Morgan fingerprint density at radius 2 is 1.35 bits per heavy atom. The van der Waals surface area contributed by atoms with Crippen molar-refractivity contribution < 1.29 is 9.47 Å². The van der Waals surface area contributed by atoms with Gasteiger partial charge in [0, 0.05) is 11.1 Å². The van der Waals surface area contributed by atoms with Crippen LogP contribution in [0.25, 0.3) is 0 Å². The Bertz CT molecular complexity index is 371. The Hall–Kier alpha value is -1.18. The van der Waals surface area contributed by atoms with Gasteiger partial charge in [-0.2, -0.15) is 0 Å². The second-order valence-electron chi connectivity index (χ2n) is 4.99. The first-order valence-corrected chi connectivity index (χ1v) is 6.42. The molecule has 0 aromatic heterocycles. The average molecular weight is 234 g/mol. The molecule has 0 heterocycles. The molecule has 2 heteroatoms. The summed E-state index contributed by atoms with van der Waals surface area (Å²) >= 11 is 0. The molecule has 1 aromatic carbocycles. The lowest BCUT2D eigenvalue weighted by atomic mass is 9.79. The minimum Gasteiger partial charge on any atom is -0.496 e. The maximum Gasteiger partial charge on any atom is 0.122 e. The normalized spacial score (nSPS) is 16.7. The number of ether oxygens (including phenoxy) is 2. The summed E-state index contributed by atoms with van der Waals surface area (Å²) in [6, 6.07) is 4.05. The molecular formula is C15H22O2. The van der Waals surface area contributed by atoms with Crippen LogP contribution in [0.3, 0.4) is 0 Å². The van der Waals surface area contributed by atoms with Crippen molar-refractivity contribution in [3.8, 4) is 11.5 Å². The first-order valence-electron chi connectivity index (χ1n) is 6.42. The van der Waals surface area contributed by atoms with Crippen molar-refractivity contribution in [2.24, 2.45) is 5.41 Å². The fraction of sp³-hybridized carbons (Fsp3) is 0.600. The quantitative estimate of drug-likeness (QED) is 0.792. The predicted molar refractivity (Wildman–Crippen MR) is 70.0 cm³/mol. The van der Waals surface area contributed by atoms with E-state index in [-0.39, 0.29) is 0 Å². The highest BCUT2D eigenvalue weighted by Crippen LogP contribution is 2.48. The second kappa shape index (κ2) is 4.59. The minimum absolute atomic E-state index is 0.407. The summed E-state index contributed by atoms with van der Waals surface area (Å²) in [5.74, 6) is 2.04. The summed E-state index contributed by atoms with van der Waals surface area (Å²) in [6.45, 7) is 4.57. The monoisotopic (exact) mass is 234 g/mol. The first-order chi connectivity index (χ1) is 8.19. The number of rotatable bonds is 4. The molecule has 1 aliphatic rings. The van der Waals surface area contributed by atoms with Gasteiger partial charge < -0.3 is 9.47 Å². The number of methoxy groups -OCH3 is 2. The lowest BCUT2D eigenvalue weighted by molar-refractivity contribution is 0.276. The zero-order chi connectivity index (χ0) is 12.5. The van der Waals surface area contributed by atoms with Crippen LogP contribution in [0.15, 0.2) is 12.1 Å². The van der Waals surface area contributed by atoms with Gasteiger partial charge in [0.15, 0.2) is 0 Å². The maximum absolute atomic E-state index is 5.48. The van der Waals surface area contributed by atoms with Gasteiger partial charge in [0.05, 0.1) is 14.2 Å². The fourth-order valence-corrected chi connectivity index (χ4v) is 2.98. The Morgan fingerprint density at radius 3 is 1.65 bits per heavy atom. The standard InChI is InChI=1S/C15H22O2/c1-5-15(6-2)9-11-12(10-15)14(17-4)8-7-13(11)16-3/h7-8H,5-6,9-10H2,1-4H3. The van der Waals surface area contributed by atoms with Gasteiger partial charge in [-0.3, -0.25) is 0 Å². The highest BCUT2D eigenvalue weighted by atomic mass is 16.5. The van der Waals surface area contributed by atoms with Crippen molar-refractivity contribution >= 4 is 0 Å². The molecule has 2 nitrogen and oxygen atoms in total. The van der Waals surface area contributed by atoms with E-state index in [1.807, 2.05) is 12.1 Å². The molecule has 0 bridgehead atoms. The minimum atomic E-state index is 0.407. The largest absolute Gasteiger partial charge is 0.496 e. The zero-order valence-electron chi connectivity index (χ0n) is 11.3. The molecule has 0 radical (unpaired) electrons. The average Bonchev–Trinajstić information content (AvgIpc) is 2.78. The van der Waals surface area contributed by atoms with Crippen molar-refractivity contribution in [1.82, 2.24) is 0 Å². The molecule has 0 saturated carbocycles. The summed E-state index contributed by atoms with van der Waals surface area (Å²) in [4.78, 5) is 0. The lowest BCUT2D eigenvalue weighted by Crippen LogP contribution is -2.18. The van der Waals surface area contributed by atoms with Crippen molar-refractivity contribution in [3.63, 3.8) is 0 Å². The van der Waals surface area contributed by atoms with Crippen LogP contribution in [0, 0.1) is 5.41 Å². The maximum atomic E-state index is 5.48. The van der Waals surface area contributed by atoms with E-state index in [0.717, 1.165) is 24.3 Å². The molecule has 0 atom stereocenters. The molecule has 17 heavy (non-hydrogen) atoms. The SMILES string of the molecule is CCC1(CC)Cc2c(OC)ccc(OC)c2C1. The van der Waals surface area contributed by atoms with Crippen LogP contribution in [0.5, 0.6) is 11.5 Å². The highest BCUT2D eigenvalue weighted by Gasteiger charge is 2.37. The third-order valence-electron chi connectivity index (χ3n) is 4.39. The molecule has 0 spiro atoms. The molecule has 2 rings (SSSR count). The third-order valence-corrected chi connectivity index (χ3v) is 4.39. The van der Waals surface area contributed by atoms with E-state index in [0.29, 0.717) is 5.41 Å². The van der Waals surface area contributed by atoms with Crippen molar-refractivity contribution in [3.05, 3.63) is 23.3 Å². The van der Waals surface area contributed by atoms with Gasteiger partial charge in [-0.15, -0.1) is 0 Å². The smallest absolute Gasteiger partial charge is 0.122 e. The molecule has 0 N–H and O–H groups in total. The van der Waals surface area contributed by atoms with Gasteiger partial charge in [0.2, 0.25) is 0 Å². The van der Waals surface area contributed by atoms with Gasteiger partial charge in [-0.1, -0.05) is 13.8 Å². The number of fused-ring (bicyclic) bond motifs is 1. The molecular weight excluding hydrogens is 212 g/mol. The van der Waals surface area contributed by atoms with Crippen LogP contribution >= 0.6 is 0 Å². The summed E-state index contributed by atoms with van der Waals surface area (Å²) in [7, 11) is 3.50. The van der Waals surface area contributed by atoms with Crippen LogP contribution < -0.4 is 9.47 Å². The molecule has 0 aliphatic heterocycles. The van der Waals surface area contributed by atoms with E-state index < -0.39 is 0 Å². The van der Waals surface area contributed by atoms with E-state index in [9.17, 15) is 0 Å². The summed E-state index contributed by atoms with van der Waals surface area (Å²) < 4.78 is 11.0. The lowest BCUT2D eigenvalue weighted by Gasteiger charge is -2.25. The van der Waals surface area contributed by atoms with Crippen LogP contribution in [0.2, 0.25) is 0 Å². The predicted octanol–water partition coefficient (Wildman–Crippen LogP) is 3.61. The van der Waals surface area contributed by atoms with Gasteiger partial charge in [0.1, 0.15) is 11.5 Å². The molecule has 0 unspecified atom stereocenters. The van der Waals surface area contributed by atoms with Gasteiger partial charge >= 0.3 is 0 Å². The van der Waals surface area contributed by atoms with Crippen molar-refractivity contribution in [2.75, 3.05) is 14.2 Å². The van der Waals surface area contributed by atoms with E-state index in [2.05, 4.69) is 13.8 Å². The Balaban J connectivity index is 2.47. The topological polar surface area (TPSA) is 18.5 Å². The Labute approximate surface area is 104 Å². The van der Waals surface area contributed by atoms with Crippen molar-refractivity contribution in [1.29, 1.82) is 0 Å². The first kappa shape index (κ1) is 12.3. The molecule has 0 amide bonds. The number of benzene rings is 1. The van der Waals surface area contributed by atoms with Gasteiger partial charge in [-0.25, -0.2) is 0 Å². The summed E-state index contributed by atoms with van der Waals surface area (Å²) in [6.07, 6.45) is 4.67. The molecule has 1 aromatic rings. The third kappa shape index (κ3) is 1.90.